The Balaban J connectivity index is 2.23. The molecule has 1 aromatic rings. The Hall–Kier alpha value is -1.55. The minimum atomic E-state index is -0.0693. The highest BCUT2D eigenvalue weighted by molar-refractivity contribution is 5.91. The molecule has 0 aliphatic carbocycles. The van der Waals surface area contributed by atoms with Crippen molar-refractivity contribution < 1.29 is 9.53 Å². The highest BCUT2D eigenvalue weighted by Crippen LogP contribution is 2.30. The summed E-state index contributed by atoms with van der Waals surface area (Å²) in [6.07, 6.45) is 3.34. The van der Waals surface area contributed by atoms with E-state index >= 15 is 0 Å². The van der Waals surface area contributed by atoms with Gasteiger partial charge < -0.3 is 15.4 Å². The Morgan fingerprint density at radius 2 is 2.39 bits per heavy atom. The van der Waals surface area contributed by atoms with Crippen LogP contribution in [-0.4, -0.2) is 25.6 Å². The van der Waals surface area contributed by atoms with E-state index in [-0.39, 0.29) is 5.91 Å². The zero-order valence-electron chi connectivity index (χ0n) is 11.0. The monoisotopic (exact) mass is 248 g/mol. The van der Waals surface area contributed by atoms with Gasteiger partial charge in [-0.3, -0.25) is 4.79 Å². The number of hydrogen-bond acceptors (Lipinski definition) is 3. The van der Waals surface area contributed by atoms with Crippen molar-refractivity contribution in [3.63, 3.8) is 0 Å². The van der Waals surface area contributed by atoms with Crippen LogP contribution in [0.4, 0.5) is 5.69 Å². The Labute approximate surface area is 108 Å². The van der Waals surface area contributed by atoms with E-state index in [2.05, 4.69) is 10.6 Å². The Bertz CT molecular complexity index is 426. The molecule has 1 aromatic carbocycles. The van der Waals surface area contributed by atoms with E-state index in [0.29, 0.717) is 6.04 Å². The first-order valence-electron chi connectivity index (χ1n) is 6.37. The lowest BCUT2D eigenvalue weighted by Gasteiger charge is -2.17. The van der Waals surface area contributed by atoms with Crippen molar-refractivity contribution in [2.45, 2.75) is 32.2 Å². The van der Waals surface area contributed by atoms with Gasteiger partial charge in [-0.05, 0) is 37.4 Å². The lowest BCUT2D eigenvalue weighted by atomic mass is 10.0. The molecule has 1 aliphatic rings. The summed E-state index contributed by atoms with van der Waals surface area (Å²) in [5.41, 5.74) is 1.94. The number of anilines is 1. The highest BCUT2D eigenvalue weighted by atomic mass is 16.5. The minimum Gasteiger partial charge on any atom is -0.495 e. The van der Waals surface area contributed by atoms with Crippen molar-refractivity contribution in [1.29, 1.82) is 0 Å². The molecule has 4 nitrogen and oxygen atoms in total. The molecular weight excluding hydrogens is 228 g/mol. The summed E-state index contributed by atoms with van der Waals surface area (Å²) in [7, 11) is 1.62. The Morgan fingerprint density at radius 3 is 3.00 bits per heavy atom. The standard InChI is InChI=1S/C14H20N2O2/c1-10(17)16-14-11(5-3-7-13(14)18-2)9-12-6-4-8-15-12/h3,5,7,12,15H,4,6,8-9H2,1-2H3,(H,16,17). The second-order valence-corrected chi connectivity index (χ2v) is 4.67. The van der Waals surface area contributed by atoms with Gasteiger partial charge in [-0.1, -0.05) is 12.1 Å². The van der Waals surface area contributed by atoms with Gasteiger partial charge in [0.15, 0.2) is 0 Å². The number of carbonyl (C=O) groups is 1. The van der Waals surface area contributed by atoms with Crippen molar-refractivity contribution in [2.24, 2.45) is 0 Å². The molecule has 0 radical (unpaired) electrons. The summed E-state index contributed by atoms with van der Waals surface area (Å²) >= 11 is 0. The number of ether oxygens (including phenoxy) is 1. The molecule has 1 amide bonds. The molecule has 1 aliphatic heterocycles. The van der Waals surface area contributed by atoms with E-state index < -0.39 is 0 Å². The van der Waals surface area contributed by atoms with Crippen molar-refractivity contribution in [3.8, 4) is 5.75 Å². The first-order valence-corrected chi connectivity index (χ1v) is 6.37. The maximum Gasteiger partial charge on any atom is 0.221 e. The minimum absolute atomic E-state index is 0.0693. The highest BCUT2D eigenvalue weighted by Gasteiger charge is 2.18. The fourth-order valence-electron chi connectivity index (χ4n) is 2.43. The van der Waals surface area contributed by atoms with Crippen LogP contribution in [0.5, 0.6) is 5.75 Å². The third-order valence-electron chi connectivity index (χ3n) is 3.26. The van der Waals surface area contributed by atoms with Gasteiger partial charge in [0.05, 0.1) is 12.8 Å². The molecule has 4 heteroatoms. The summed E-state index contributed by atoms with van der Waals surface area (Å²) in [5.74, 6) is 0.654. The number of carbonyl (C=O) groups excluding carboxylic acids is 1. The molecule has 1 unspecified atom stereocenters. The predicted octanol–water partition coefficient (Wildman–Crippen LogP) is 1.95. The van der Waals surface area contributed by atoms with Gasteiger partial charge in [0.25, 0.3) is 0 Å². The van der Waals surface area contributed by atoms with Gasteiger partial charge in [0.2, 0.25) is 5.91 Å². The summed E-state index contributed by atoms with van der Waals surface area (Å²) < 4.78 is 5.32. The van der Waals surface area contributed by atoms with Crippen LogP contribution >= 0.6 is 0 Å². The van der Waals surface area contributed by atoms with E-state index in [1.165, 1.54) is 19.8 Å². The number of para-hydroxylation sites is 1. The Kier molecular flexibility index (Phi) is 4.20. The smallest absolute Gasteiger partial charge is 0.221 e. The average Bonchev–Trinajstić information content (AvgIpc) is 2.83. The molecule has 0 spiro atoms. The van der Waals surface area contributed by atoms with Gasteiger partial charge >= 0.3 is 0 Å². The van der Waals surface area contributed by atoms with Crippen LogP contribution in [0, 0.1) is 0 Å². The second-order valence-electron chi connectivity index (χ2n) is 4.67. The topological polar surface area (TPSA) is 50.4 Å². The lowest BCUT2D eigenvalue weighted by Crippen LogP contribution is -2.24. The molecule has 2 rings (SSSR count). The zero-order chi connectivity index (χ0) is 13.0. The Morgan fingerprint density at radius 1 is 1.56 bits per heavy atom. The first kappa shape index (κ1) is 12.9. The summed E-state index contributed by atoms with van der Waals surface area (Å²) in [6, 6.07) is 6.39. The first-order chi connectivity index (χ1) is 8.70. The van der Waals surface area contributed by atoms with E-state index in [0.717, 1.165) is 30.0 Å². The maximum atomic E-state index is 11.3. The molecule has 2 N–H and O–H groups in total. The van der Waals surface area contributed by atoms with Gasteiger partial charge in [-0.15, -0.1) is 0 Å². The van der Waals surface area contributed by atoms with Gasteiger partial charge in [-0.2, -0.15) is 0 Å². The van der Waals surface area contributed by atoms with Crippen LogP contribution in [-0.2, 0) is 11.2 Å². The summed E-state index contributed by atoms with van der Waals surface area (Å²) in [4.78, 5) is 11.3. The average molecular weight is 248 g/mol. The zero-order valence-corrected chi connectivity index (χ0v) is 11.0. The lowest BCUT2D eigenvalue weighted by molar-refractivity contribution is -0.114. The van der Waals surface area contributed by atoms with E-state index in [9.17, 15) is 4.79 Å². The summed E-state index contributed by atoms with van der Waals surface area (Å²) in [5, 5.41) is 6.34. The maximum absolute atomic E-state index is 11.3. The number of rotatable bonds is 4. The number of hydrogen-bond donors (Lipinski definition) is 2. The molecule has 1 saturated heterocycles. The van der Waals surface area contributed by atoms with Gasteiger partial charge in [-0.25, -0.2) is 0 Å². The summed E-state index contributed by atoms with van der Waals surface area (Å²) in [6.45, 7) is 2.61. The fourth-order valence-corrected chi connectivity index (χ4v) is 2.43. The predicted molar refractivity (Wildman–Crippen MR) is 72.0 cm³/mol. The molecule has 18 heavy (non-hydrogen) atoms. The number of amides is 1. The third-order valence-corrected chi connectivity index (χ3v) is 3.26. The molecule has 1 atom stereocenters. The van der Waals surface area contributed by atoms with Crippen molar-refractivity contribution in [1.82, 2.24) is 5.32 Å². The quantitative estimate of drug-likeness (QED) is 0.856. The number of benzene rings is 1. The van der Waals surface area contributed by atoms with Gasteiger partial charge in [0, 0.05) is 13.0 Å². The van der Waals surface area contributed by atoms with Gasteiger partial charge in [0.1, 0.15) is 5.75 Å². The van der Waals surface area contributed by atoms with Crippen molar-refractivity contribution in [2.75, 3.05) is 19.0 Å². The second kappa shape index (κ2) is 5.87. The van der Waals surface area contributed by atoms with Crippen LogP contribution in [0.3, 0.4) is 0 Å². The van der Waals surface area contributed by atoms with Crippen LogP contribution < -0.4 is 15.4 Å². The van der Waals surface area contributed by atoms with Crippen LogP contribution in [0.25, 0.3) is 0 Å². The molecule has 0 bridgehead atoms. The fraction of sp³-hybridized carbons (Fsp3) is 0.500. The van der Waals surface area contributed by atoms with Crippen LogP contribution in [0.15, 0.2) is 18.2 Å². The molecule has 0 aromatic heterocycles. The molecule has 1 fully saturated rings. The SMILES string of the molecule is COc1cccc(CC2CCCN2)c1NC(C)=O. The van der Waals surface area contributed by atoms with Crippen molar-refractivity contribution >= 4 is 11.6 Å². The van der Waals surface area contributed by atoms with Crippen LogP contribution in [0.1, 0.15) is 25.3 Å². The van der Waals surface area contributed by atoms with Crippen molar-refractivity contribution in [3.05, 3.63) is 23.8 Å². The van der Waals surface area contributed by atoms with Crippen LogP contribution in [0.2, 0.25) is 0 Å². The largest absolute Gasteiger partial charge is 0.495 e. The number of methoxy groups -OCH3 is 1. The molecule has 1 heterocycles. The van der Waals surface area contributed by atoms with E-state index in [1.807, 2.05) is 18.2 Å². The molecule has 0 saturated carbocycles. The molecular formula is C14H20N2O2. The molecule has 98 valence electrons. The van der Waals surface area contributed by atoms with E-state index in [1.54, 1.807) is 7.11 Å². The normalized spacial score (nSPS) is 18.7. The third kappa shape index (κ3) is 3.01. The number of nitrogens with one attached hydrogen (secondary N) is 2. The van der Waals surface area contributed by atoms with E-state index in [4.69, 9.17) is 4.74 Å².